The number of carbonyl (C=O) groups is 3. The largest absolute Gasteiger partial charge is 0.309 e. The number of hydrogen-bond donors (Lipinski definition) is 2. The first-order valence-electron chi connectivity index (χ1n) is 9.85. The molecular formula is C23H19N5O3S. The van der Waals surface area contributed by atoms with Crippen LogP contribution in [0.5, 0.6) is 0 Å². The van der Waals surface area contributed by atoms with Crippen molar-refractivity contribution in [3.63, 3.8) is 0 Å². The van der Waals surface area contributed by atoms with Crippen molar-refractivity contribution >= 4 is 28.9 Å². The van der Waals surface area contributed by atoms with E-state index in [0.717, 1.165) is 11.3 Å². The van der Waals surface area contributed by atoms with Crippen LogP contribution >= 0.6 is 11.3 Å². The molecule has 0 bridgehead atoms. The van der Waals surface area contributed by atoms with Crippen LogP contribution < -0.4 is 10.9 Å². The minimum atomic E-state index is -0.658. The number of carbonyl (C=O) groups excluding carboxylic acids is 3. The molecule has 2 N–H and O–H groups in total. The van der Waals surface area contributed by atoms with Crippen LogP contribution in [0.4, 0.5) is 0 Å². The Kier molecular flexibility index (Phi) is 6.47. The molecule has 0 aliphatic rings. The highest BCUT2D eigenvalue weighted by molar-refractivity contribution is 7.12. The van der Waals surface area contributed by atoms with Crippen molar-refractivity contribution in [1.82, 2.24) is 25.6 Å². The zero-order valence-electron chi connectivity index (χ0n) is 16.9. The number of benzene rings is 2. The van der Waals surface area contributed by atoms with Crippen molar-refractivity contribution in [2.45, 2.75) is 12.8 Å². The van der Waals surface area contributed by atoms with Gasteiger partial charge in [-0.2, -0.15) is 0 Å². The van der Waals surface area contributed by atoms with Gasteiger partial charge in [-0.05, 0) is 23.6 Å². The molecule has 0 fully saturated rings. The number of hydrogen-bond acceptors (Lipinski definition) is 6. The number of ketones is 1. The number of Topliss-reactive ketones (excluding diaryl/α,β-unsaturated/α-hetero) is 1. The Bertz CT molecular complexity index is 1160. The van der Waals surface area contributed by atoms with E-state index in [9.17, 15) is 14.4 Å². The van der Waals surface area contributed by atoms with Crippen molar-refractivity contribution in [3.8, 4) is 17.1 Å². The molecule has 4 aromatic rings. The molecule has 2 aromatic carbocycles. The summed E-state index contributed by atoms with van der Waals surface area (Å²) in [6.45, 7) is 0. The van der Waals surface area contributed by atoms with E-state index in [1.54, 1.807) is 22.2 Å². The monoisotopic (exact) mass is 445 g/mol. The van der Waals surface area contributed by atoms with Crippen LogP contribution in [0.25, 0.3) is 17.1 Å². The molecule has 0 radical (unpaired) electrons. The maximum absolute atomic E-state index is 12.6. The third-order valence-corrected chi connectivity index (χ3v) is 5.44. The average molecular weight is 446 g/mol. The molecule has 160 valence electrons. The third-order valence-electron chi connectivity index (χ3n) is 4.53. The molecule has 0 saturated carbocycles. The number of rotatable bonds is 7. The third kappa shape index (κ3) is 4.96. The normalized spacial score (nSPS) is 10.5. The molecule has 0 atom stereocenters. The fourth-order valence-electron chi connectivity index (χ4n) is 2.96. The van der Waals surface area contributed by atoms with E-state index in [0.29, 0.717) is 10.7 Å². The van der Waals surface area contributed by atoms with E-state index in [1.165, 1.54) is 11.3 Å². The summed E-state index contributed by atoms with van der Waals surface area (Å²) in [5, 5.41) is 6.14. The van der Waals surface area contributed by atoms with Gasteiger partial charge < -0.3 is 0 Å². The molecule has 0 aliphatic carbocycles. The molecule has 8 nitrogen and oxygen atoms in total. The first-order valence-corrected chi connectivity index (χ1v) is 10.7. The summed E-state index contributed by atoms with van der Waals surface area (Å²) in [5.41, 5.74) is 6.16. The summed E-state index contributed by atoms with van der Waals surface area (Å²) in [6.07, 6.45) is 0.0133. The van der Waals surface area contributed by atoms with Gasteiger partial charge >= 0.3 is 5.91 Å². The summed E-state index contributed by atoms with van der Waals surface area (Å²) < 4.78 is 1.58. The smallest absolute Gasteiger partial charge is 0.293 e. The van der Waals surface area contributed by atoms with Crippen LogP contribution in [0.15, 0.2) is 78.2 Å². The van der Waals surface area contributed by atoms with E-state index in [2.05, 4.69) is 20.9 Å². The van der Waals surface area contributed by atoms with Gasteiger partial charge in [-0.3, -0.25) is 25.2 Å². The lowest BCUT2D eigenvalue weighted by Crippen LogP contribution is -2.42. The van der Waals surface area contributed by atoms with Gasteiger partial charge in [0.25, 0.3) is 0 Å². The summed E-state index contributed by atoms with van der Waals surface area (Å²) in [4.78, 5) is 41.6. The number of nitrogens with zero attached hydrogens (tertiary/aromatic N) is 3. The summed E-state index contributed by atoms with van der Waals surface area (Å²) in [5.74, 6) is -0.849. The van der Waals surface area contributed by atoms with Gasteiger partial charge in [0.2, 0.25) is 11.7 Å². The first-order chi connectivity index (χ1) is 15.6. The fraction of sp³-hybridized carbons (Fsp3) is 0.0870. The number of amides is 2. The molecule has 0 saturated heterocycles. The van der Waals surface area contributed by atoms with Crippen molar-refractivity contribution in [3.05, 3.63) is 88.9 Å². The summed E-state index contributed by atoms with van der Waals surface area (Å²) in [7, 11) is 0. The number of nitrogens with one attached hydrogen (secondary N) is 2. The minimum absolute atomic E-state index is 0.0435. The van der Waals surface area contributed by atoms with Crippen molar-refractivity contribution in [1.29, 1.82) is 0 Å². The zero-order valence-corrected chi connectivity index (χ0v) is 17.7. The molecule has 2 heterocycles. The molecule has 4 rings (SSSR count). The van der Waals surface area contributed by atoms with Crippen LogP contribution in [0.1, 0.15) is 33.1 Å². The second kappa shape index (κ2) is 9.80. The zero-order chi connectivity index (χ0) is 22.3. The Morgan fingerprint density at radius 3 is 2.25 bits per heavy atom. The Hall–Kier alpha value is -4.11. The first kappa shape index (κ1) is 21.1. The molecule has 32 heavy (non-hydrogen) atoms. The van der Waals surface area contributed by atoms with Crippen molar-refractivity contribution in [2.24, 2.45) is 0 Å². The highest BCUT2D eigenvalue weighted by Crippen LogP contribution is 2.21. The van der Waals surface area contributed by atoms with Gasteiger partial charge in [-0.1, -0.05) is 54.6 Å². The topological polar surface area (TPSA) is 106 Å². The number of aromatic nitrogens is 3. The Morgan fingerprint density at radius 1 is 0.844 bits per heavy atom. The van der Waals surface area contributed by atoms with Gasteiger partial charge in [0, 0.05) is 18.4 Å². The van der Waals surface area contributed by atoms with Gasteiger partial charge in [0.1, 0.15) is 0 Å². The van der Waals surface area contributed by atoms with E-state index in [4.69, 9.17) is 0 Å². The van der Waals surface area contributed by atoms with Gasteiger partial charge in [0.15, 0.2) is 11.6 Å². The van der Waals surface area contributed by atoms with E-state index in [-0.39, 0.29) is 24.4 Å². The van der Waals surface area contributed by atoms with Gasteiger partial charge in [-0.15, -0.1) is 16.4 Å². The second-order valence-electron chi connectivity index (χ2n) is 6.78. The number of para-hydroxylation sites is 1. The molecular weight excluding hydrogens is 426 g/mol. The molecule has 0 spiro atoms. The van der Waals surface area contributed by atoms with Gasteiger partial charge in [-0.25, -0.2) is 9.67 Å². The van der Waals surface area contributed by atoms with E-state index < -0.39 is 11.8 Å². The second-order valence-corrected chi connectivity index (χ2v) is 7.72. The van der Waals surface area contributed by atoms with E-state index >= 15 is 0 Å². The van der Waals surface area contributed by atoms with Crippen molar-refractivity contribution < 1.29 is 14.4 Å². The SMILES string of the molecule is O=C(CCC(=O)c1cccs1)NNC(=O)c1nc(-c2ccccc2)n(-c2ccccc2)n1. The quantitative estimate of drug-likeness (QED) is 0.335. The molecule has 0 aliphatic heterocycles. The molecule has 2 amide bonds. The lowest BCUT2D eigenvalue weighted by molar-refractivity contribution is -0.121. The minimum Gasteiger partial charge on any atom is -0.293 e. The Balaban J connectivity index is 1.44. The van der Waals surface area contributed by atoms with Crippen LogP contribution in [-0.4, -0.2) is 32.4 Å². The van der Waals surface area contributed by atoms with Crippen LogP contribution in [-0.2, 0) is 4.79 Å². The predicted octanol–water partition coefficient (Wildman–Crippen LogP) is 3.42. The molecule has 0 unspecified atom stereocenters. The van der Waals surface area contributed by atoms with Crippen LogP contribution in [0, 0.1) is 0 Å². The van der Waals surface area contributed by atoms with Crippen molar-refractivity contribution in [2.75, 3.05) is 0 Å². The summed E-state index contributed by atoms with van der Waals surface area (Å²) >= 11 is 1.33. The maximum Gasteiger partial charge on any atom is 0.309 e. The number of hydrazine groups is 1. The van der Waals surface area contributed by atoms with Gasteiger partial charge in [0.05, 0.1) is 10.6 Å². The lowest BCUT2D eigenvalue weighted by atomic mass is 10.2. The highest BCUT2D eigenvalue weighted by Gasteiger charge is 2.19. The summed E-state index contributed by atoms with van der Waals surface area (Å²) in [6, 6.07) is 22.2. The Morgan fingerprint density at radius 2 is 1.56 bits per heavy atom. The lowest BCUT2D eigenvalue weighted by Gasteiger charge is -2.05. The fourth-order valence-corrected chi connectivity index (χ4v) is 3.66. The molecule has 9 heteroatoms. The average Bonchev–Trinajstić information content (AvgIpc) is 3.53. The predicted molar refractivity (Wildman–Crippen MR) is 120 cm³/mol. The maximum atomic E-state index is 12.6. The van der Waals surface area contributed by atoms with Crippen LogP contribution in [0.3, 0.4) is 0 Å². The number of thiophene rings is 1. The standard InChI is InChI=1S/C23H19N5O3S/c29-18(19-12-7-15-32-19)13-14-20(30)25-26-23(31)21-24-22(16-8-3-1-4-9-16)28(27-21)17-10-5-2-6-11-17/h1-12,15H,13-14H2,(H,25,30)(H,26,31). The Labute approximate surface area is 187 Å². The van der Waals surface area contributed by atoms with Crippen LogP contribution in [0.2, 0.25) is 0 Å². The molecule has 2 aromatic heterocycles. The van der Waals surface area contributed by atoms with E-state index in [1.807, 2.05) is 60.7 Å². The highest BCUT2D eigenvalue weighted by atomic mass is 32.1.